The van der Waals surface area contributed by atoms with Crippen LogP contribution in [0.15, 0.2) is 41.9 Å². The number of aliphatic hydroxyl groups excluding tert-OH is 1. The third-order valence-electron chi connectivity index (χ3n) is 3.11. The fourth-order valence-electron chi connectivity index (χ4n) is 2.16. The standard InChI is InChI=1S/C15H14N2OS/c1-10-16-7-6-13(17-10)14(18)8-11-9-19-15-5-3-2-4-12(11)15/h2-7,9,14,18H,8H2,1H3. The summed E-state index contributed by atoms with van der Waals surface area (Å²) in [5.74, 6) is 0.687. The van der Waals surface area contributed by atoms with E-state index in [1.807, 2.05) is 19.1 Å². The second-order valence-corrected chi connectivity index (χ2v) is 5.42. The van der Waals surface area contributed by atoms with Gasteiger partial charge < -0.3 is 5.11 Å². The van der Waals surface area contributed by atoms with Gasteiger partial charge in [-0.3, -0.25) is 0 Å². The van der Waals surface area contributed by atoms with Gasteiger partial charge in [-0.05, 0) is 35.4 Å². The molecule has 1 unspecified atom stereocenters. The number of aliphatic hydroxyl groups is 1. The zero-order chi connectivity index (χ0) is 13.2. The van der Waals surface area contributed by atoms with Crippen molar-refractivity contribution in [1.29, 1.82) is 0 Å². The van der Waals surface area contributed by atoms with E-state index in [9.17, 15) is 5.11 Å². The quantitative estimate of drug-likeness (QED) is 0.794. The molecule has 0 aliphatic heterocycles. The topological polar surface area (TPSA) is 46.0 Å². The molecule has 19 heavy (non-hydrogen) atoms. The van der Waals surface area contributed by atoms with Crippen LogP contribution in [0.2, 0.25) is 0 Å². The summed E-state index contributed by atoms with van der Waals surface area (Å²) in [6.07, 6.45) is 1.69. The first-order chi connectivity index (χ1) is 9.24. The summed E-state index contributed by atoms with van der Waals surface area (Å²) in [7, 11) is 0. The van der Waals surface area contributed by atoms with E-state index in [4.69, 9.17) is 0 Å². The van der Waals surface area contributed by atoms with Crippen molar-refractivity contribution in [2.24, 2.45) is 0 Å². The SMILES string of the molecule is Cc1nccc(C(O)Cc2csc3ccccc23)n1. The molecule has 2 heterocycles. The Hall–Kier alpha value is -1.78. The fourth-order valence-corrected chi connectivity index (χ4v) is 3.14. The minimum absolute atomic E-state index is 0.584. The Kier molecular flexibility index (Phi) is 3.27. The number of rotatable bonds is 3. The van der Waals surface area contributed by atoms with Gasteiger partial charge in [0, 0.05) is 17.3 Å². The van der Waals surface area contributed by atoms with Gasteiger partial charge in [-0.2, -0.15) is 0 Å². The average molecular weight is 270 g/mol. The highest BCUT2D eigenvalue weighted by Crippen LogP contribution is 2.28. The third kappa shape index (κ3) is 2.50. The molecule has 4 heteroatoms. The van der Waals surface area contributed by atoms with Crippen LogP contribution in [0.1, 0.15) is 23.2 Å². The number of aromatic nitrogens is 2. The molecule has 0 fully saturated rings. The highest BCUT2D eigenvalue weighted by Gasteiger charge is 2.13. The molecule has 0 saturated carbocycles. The zero-order valence-corrected chi connectivity index (χ0v) is 11.4. The number of nitrogens with zero attached hydrogens (tertiary/aromatic N) is 2. The minimum Gasteiger partial charge on any atom is -0.386 e. The van der Waals surface area contributed by atoms with E-state index in [-0.39, 0.29) is 0 Å². The van der Waals surface area contributed by atoms with E-state index in [1.54, 1.807) is 23.6 Å². The van der Waals surface area contributed by atoms with E-state index in [1.165, 1.54) is 15.6 Å². The van der Waals surface area contributed by atoms with Crippen molar-refractivity contribution in [3.05, 3.63) is 59.0 Å². The zero-order valence-electron chi connectivity index (χ0n) is 10.6. The Labute approximate surface area is 115 Å². The third-order valence-corrected chi connectivity index (χ3v) is 4.13. The largest absolute Gasteiger partial charge is 0.386 e. The molecule has 1 atom stereocenters. The van der Waals surface area contributed by atoms with Crippen LogP contribution in [0, 0.1) is 6.92 Å². The van der Waals surface area contributed by atoms with Crippen LogP contribution in [0.25, 0.3) is 10.1 Å². The number of fused-ring (bicyclic) bond motifs is 1. The van der Waals surface area contributed by atoms with Gasteiger partial charge in [0.15, 0.2) is 0 Å². The number of thiophene rings is 1. The second-order valence-electron chi connectivity index (χ2n) is 4.51. The van der Waals surface area contributed by atoms with Crippen molar-refractivity contribution in [3.63, 3.8) is 0 Å². The van der Waals surface area contributed by atoms with Crippen molar-refractivity contribution in [1.82, 2.24) is 9.97 Å². The Morgan fingerprint density at radius 3 is 2.95 bits per heavy atom. The average Bonchev–Trinajstić information content (AvgIpc) is 2.82. The lowest BCUT2D eigenvalue weighted by Crippen LogP contribution is -2.05. The van der Waals surface area contributed by atoms with Crippen molar-refractivity contribution in [2.75, 3.05) is 0 Å². The molecule has 0 bridgehead atoms. The summed E-state index contributed by atoms with van der Waals surface area (Å²) in [6, 6.07) is 10.0. The number of hydrogen-bond donors (Lipinski definition) is 1. The van der Waals surface area contributed by atoms with Crippen LogP contribution in [-0.2, 0) is 6.42 Å². The molecule has 1 N–H and O–H groups in total. The molecule has 0 amide bonds. The second kappa shape index (κ2) is 5.07. The Balaban J connectivity index is 1.89. The van der Waals surface area contributed by atoms with Crippen molar-refractivity contribution >= 4 is 21.4 Å². The fraction of sp³-hybridized carbons (Fsp3) is 0.200. The van der Waals surface area contributed by atoms with Crippen LogP contribution in [0.5, 0.6) is 0 Å². The lowest BCUT2D eigenvalue weighted by molar-refractivity contribution is 0.173. The van der Waals surface area contributed by atoms with Crippen LogP contribution in [0.3, 0.4) is 0 Å². The van der Waals surface area contributed by atoms with Crippen LogP contribution in [0.4, 0.5) is 0 Å². The molecule has 96 valence electrons. The van der Waals surface area contributed by atoms with Crippen LogP contribution < -0.4 is 0 Å². The molecule has 0 saturated heterocycles. The maximum Gasteiger partial charge on any atom is 0.125 e. The smallest absolute Gasteiger partial charge is 0.125 e. The van der Waals surface area contributed by atoms with Crippen molar-refractivity contribution < 1.29 is 5.11 Å². The van der Waals surface area contributed by atoms with Crippen molar-refractivity contribution in [2.45, 2.75) is 19.4 Å². The number of hydrogen-bond acceptors (Lipinski definition) is 4. The molecule has 2 aromatic heterocycles. The van der Waals surface area contributed by atoms with Crippen molar-refractivity contribution in [3.8, 4) is 0 Å². The molecule has 3 rings (SSSR count). The summed E-state index contributed by atoms with van der Waals surface area (Å²) >= 11 is 1.71. The molecule has 0 aliphatic carbocycles. The lowest BCUT2D eigenvalue weighted by Gasteiger charge is -2.09. The monoisotopic (exact) mass is 270 g/mol. The van der Waals surface area contributed by atoms with E-state index < -0.39 is 6.10 Å². The molecular weight excluding hydrogens is 256 g/mol. The van der Waals surface area contributed by atoms with E-state index in [2.05, 4.69) is 27.5 Å². The van der Waals surface area contributed by atoms with E-state index >= 15 is 0 Å². The summed E-state index contributed by atoms with van der Waals surface area (Å²) in [6.45, 7) is 1.83. The Morgan fingerprint density at radius 1 is 1.26 bits per heavy atom. The number of aryl methyl sites for hydroxylation is 1. The predicted octanol–water partition coefficient (Wildman–Crippen LogP) is 3.28. The summed E-state index contributed by atoms with van der Waals surface area (Å²) < 4.78 is 1.25. The first-order valence-electron chi connectivity index (χ1n) is 6.17. The van der Waals surface area contributed by atoms with Gasteiger partial charge in [-0.1, -0.05) is 18.2 Å². The van der Waals surface area contributed by atoms with E-state index in [0.717, 1.165) is 0 Å². The van der Waals surface area contributed by atoms with Gasteiger partial charge >= 0.3 is 0 Å². The maximum atomic E-state index is 10.3. The van der Waals surface area contributed by atoms with Gasteiger partial charge in [-0.15, -0.1) is 11.3 Å². The molecule has 3 nitrogen and oxygen atoms in total. The minimum atomic E-state index is -0.584. The normalized spacial score (nSPS) is 12.7. The lowest BCUT2D eigenvalue weighted by atomic mass is 10.0. The molecular formula is C15H14N2OS. The molecule has 0 aliphatic rings. The maximum absolute atomic E-state index is 10.3. The molecule has 0 spiro atoms. The Bertz CT molecular complexity index is 708. The van der Waals surface area contributed by atoms with Gasteiger partial charge in [0.2, 0.25) is 0 Å². The summed E-state index contributed by atoms with van der Waals surface area (Å²) in [4.78, 5) is 8.33. The van der Waals surface area contributed by atoms with Gasteiger partial charge in [0.1, 0.15) is 11.9 Å². The number of benzene rings is 1. The highest BCUT2D eigenvalue weighted by atomic mass is 32.1. The Morgan fingerprint density at radius 2 is 2.11 bits per heavy atom. The highest BCUT2D eigenvalue weighted by molar-refractivity contribution is 7.17. The first kappa shape index (κ1) is 12.3. The molecule has 1 aromatic carbocycles. The van der Waals surface area contributed by atoms with E-state index in [0.29, 0.717) is 17.9 Å². The van der Waals surface area contributed by atoms with Gasteiger partial charge in [0.05, 0.1) is 5.69 Å². The van der Waals surface area contributed by atoms with Gasteiger partial charge in [-0.25, -0.2) is 9.97 Å². The van der Waals surface area contributed by atoms with Crippen LogP contribution in [-0.4, -0.2) is 15.1 Å². The predicted molar refractivity (Wildman–Crippen MR) is 77.3 cm³/mol. The van der Waals surface area contributed by atoms with Gasteiger partial charge in [0.25, 0.3) is 0 Å². The molecule has 0 radical (unpaired) electrons. The molecule has 3 aromatic rings. The van der Waals surface area contributed by atoms with Crippen LogP contribution >= 0.6 is 11.3 Å². The first-order valence-corrected chi connectivity index (χ1v) is 7.05. The summed E-state index contributed by atoms with van der Waals surface area (Å²) in [5, 5.41) is 13.6. The summed E-state index contributed by atoms with van der Waals surface area (Å²) in [5.41, 5.74) is 1.85.